The summed E-state index contributed by atoms with van der Waals surface area (Å²) in [6.45, 7) is 0.243. The minimum absolute atomic E-state index is 0.0781. The second-order valence-electron chi connectivity index (χ2n) is 4.38. The summed E-state index contributed by atoms with van der Waals surface area (Å²) in [5.74, 6) is -1.25. The van der Waals surface area contributed by atoms with Gasteiger partial charge in [-0.2, -0.15) is 0 Å². The first-order valence-corrected chi connectivity index (χ1v) is 6.62. The second-order valence-corrected chi connectivity index (χ2v) is 4.82. The third kappa shape index (κ3) is 4.29. The van der Waals surface area contributed by atoms with E-state index in [1.165, 1.54) is 12.3 Å². The Morgan fingerprint density at radius 2 is 1.86 bits per heavy atom. The third-order valence-electron chi connectivity index (χ3n) is 2.86. The molecule has 2 N–H and O–H groups in total. The predicted octanol–water partition coefficient (Wildman–Crippen LogP) is 2.29. The van der Waals surface area contributed by atoms with Gasteiger partial charge in [0.25, 0.3) is 5.91 Å². The van der Waals surface area contributed by atoms with Crippen LogP contribution in [0.15, 0.2) is 42.6 Å². The topological polar surface area (TPSA) is 79.3 Å². The van der Waals surface area contributed by atoms with Gasteiger partial charge >= 0.3 is 5.97 Å². The van der Waals surface area contributed by atoms with Crippen LogP contribution in [0.25, 0.3) is 0 Å². The zero-order chi connectivity index (χ0) is 15.2. The lowest BCUT2D eigenvalue weighted by atomic mass is 10.0. The average molecular weight is 305 g/mol. The first kappa shape index (κ1) is 15.0. The van der Waals surface area contributed by atoms with Crippen molar-refractivity contribution in [1.29, 1.82) is 0 Å². The lowest BCUT2D eigenvalue weighted by Gasteiger charge is -2.09. The first-order valence-electron chi connectivity index (χ1n) is 6.24. The van der Waals surface area contributed by atoms with Crippen LogP contribution in [0.4, 0.5) is 0 Å². The van der Waals surface area contributed by atoms with E-state index in [9.17, 15) is 9.59 Å². The van der Waals surface area contributed by atoms with Crippen LogP contribution in [-0.4, -0.2) is 22.0 Å². The molecule has 0 aliphatic heterocycles. The summed E-state index contributed by atoms with van der Waals surface area (Å²) < 4.78 is 0. The number of carbonyl (C=O) groups excluding carboxylic acids is 1. The molecule has 21 heavy (non-hydrogen) atoms. The molecule has 5 nitrogen and oxygen atoms in total. The smallest absolute Gasteiger partial charge is 0.307 e. The van der Waals surface area contributed by atoms with Crippen molar-refractivity contribution in [3.8, 4) is 0 Å². The molecule has 0 saturated heterocycles. The Hall–Kier alpha value is -2.40. The van der Waals surface area contributed by atoms with Gasteiger partial charge in [0.05, 0.1) is 11.4 Å². The van der Waals surface area contributed by atoms with Crippen LogP contribution in [0, 0.1) is 0 Å². The van der Waals surface area contributed by atoms with Crippen LogP contribution in [0.3, 0.4) is 0 Å². The fourth-order valence-corrected chi connectivity index (χ4v) is 1.95. The molecule has 0 radical (unpaired) electrons. The Morgan fingerprint density at radius 1 is 1.14 bits per heavy atom. The first-order chi connectivity index (χ1) is 10.1. The summed E-state index contributed by atoms with van der Waals surface area (Å²) in [6, 6.07) is 10.2. The number of carboxylic acids is 1. The number of carboxylic acid groups (broad SMARTS) is 1. The molecule has 0 fully saturated rings. The summed E-state index contributed by atoms with van der Waals surface area (Å²) in [6.07, 6.45) is 1.32. The van der Waals surface area contributed by atoms with E-state index in [-0.39, 0.29) is 24.6 Å². The highest BCUT2D eigenvalue weighted by atomic mass is 35.5. The molecule has 0 spiro atoms. The van der Waals surface area contributed by atoms with Crippen molar-refractivity contribution in [2.45, 2.75) is 13.0 Å². The fraction of sp³-hybridized carbons (Fsp3) is 0.133. The molecule has 0 aliphatic rings. The van der Waals surface area contributed by atoms with Crippen LogP contribution in [0.5, 0.6) is 0 Å². The number of hydrogen-bond acceptors (Lipinski definition) is 3. The van der Waals surface area contributed by atoms with Gasteiger partial charge in [-0.3, -0.25) is 9.59 Å². The van der Waals surface area contributed by atoms with E-state index in [2.05, 4.69) is 10.3 Å². The predicted molar refractivity (Wildman–Crippen MR) is 78.2 cm³/mol. The number of amides is 1. The molecule has 108 valence electrons. The Labute approximate surface area is 126 Å². The molecule has 2 rings (SSSR count). The maximum atomic E-state index is 11.9. The number of nitrogens with one attached hydrogen (secondary N) is 1. The number of benzene rings is 1. The second kappa shape index (κ2) is 6.85. The zero-order valence-electron chi connectivity index (χ0n) is 11.0. The van der Waals surface area contributed by atoms with Crippen molar-refractivity contribution < 1.29 is 14.7 Å². The molecule has 0 unspecified atom stereocenters. The van der Waals surface area contributed by atoms with Crippen molar-refractivity contribution in [3.05, 3.63) is 64.4 Å². The molecular weight excluding hydrogens is 292 g/mol. The Kier molecular flexibility index (Phi) is 4.90. The number of aliphatic carboxylic acids is 1. The van der Waals surface area contributed by atoms with E-state index in [0.29, 0.717) is 10.6 Å². The largest absolute Gasteiger partial charge is 0.481 e. The molecule has 1 aromatic heterocycles. The molecule has 6 heteroatoms. The van der Waals surface area contributed by atoms with Crippen molar-refractivity contribution >= 4 is 23.5 Å². The van der Waals surface area contributed by atoms with E-state index >= 15 is 0 Å². The molecular formula is C15H13ClN2O3. The van der Waals surface area contributed by atoms with Gasteiger partial charge in [-0.15, -0.1) is 0 Å². The number of aromatic nitrogens is 1. The lowest BCUT2D eigenvalue weighted by molar-refractivity contribution is -0.136. The summed E-state index contributed by atoms with van der Waals surface area (Å²) in [5, 5.41) is 12.0. The van der Waals surface area contributed by atoms with Crippen LogP contribution in [0.2, 0.25) is 5.02 Å². The van der Waals surface area contributed by atoms with E-state index < -0.39 is 5.97 Å². The highest BCUT2D eigenvalue weighted by Crippen LogP contribution is 2.10. The highest BCUT2D eigenvalue weighted by Gasteiger charge is 2.10. The minimum Gasteiger partial charge on any atom is -0.481 e. The normalized spacial score (nSPS) is 10.1. The van der Waals surface area contributed by atoms with Crippen molar-refractivity contribution in [1.82, 2.24) is 10.3 Å². The van der Waals surface area contributed by atoms with Crippen LogP contribution in [0.1, 0.15) is 21.6 Å². The summed E-state index contributed by atoms with van der Waals surface area (Å²) in [5.41, 5.74) is 1.70. The Morgan fingerprint density at radius 3 is 2.48 bits per heavy atom. The SMILES string of the molecule is O=C(O)Cc1ccccc1CNC(=O)c1ccc(Cl)cn1. The third-order valence-corrected chi connectivity index (χ3v) is 3.08. The zero-order valence-corrected chi connectivity index (χ0v) is 11.8. The summed E-state index contributed by atoms with van der Waals surface area (Å²) in [4.78, 5) is 26.7. The molecule has 1 aromatic carbocycles. The van der Waals surface area contributed by atoms with Gasteiger partial charge < -0.3 is 10.4 Å². The number of pyridine rings is 1. The molecule has 0 bridgehead atoms. The van der Waals surface area contributed by atoms with E-state index in [0.717, 1.165) is 5.56 Å². The number of nitrogens with zero attached hydrogens (tertiary/aromatic N) is 1. The average Bonchev–Trinajstić information content (AvgIpc) is 2.46. The molecule has 1 amide bonds. The molecule has 2 aromatic rings. The van der Waals surface area contributed by atoms with Crippen LogP contribution >= 0.6 is 11.6 Å². The number of rotatable bonds is 5. The Bertz CT molecular complexity index is 656. The van der Waals surface area contributed by atoms with Crippen LogP contribution in [-0.2, 0) is 17.8 Å². The van der Waals surface area contributed by atoms with Crippen molar-refractivity contribution in [2.75, 3.05) is 0 Å². The standard InChI is InChI=1S/C15H13ClN2O3/c16-12-5-6-13(17-9-12)15(21)18-8-11-4-2-1-3-10(11)7-14(19)20/h1-6,9H,7-8H2,(H,18,21)(H,19,20). The van der Waals surface area contributed by atoms with E-state index in [1.54, 1.807) is 30.3 Å². The summed E-state index contributed by atoms with van der Waals surface area (Å²) >= 11 is 5.71. The van der Waals surface area contributed by atoms with E-state index in [1.807, 2.05) is 0 Å². The van der Waals surface area contributed by atoms with Gasteiger partial charge in [-0.05, 0) is 23.3 Å². The van der Waals surface area contributed by atoms with Gasteiger partial charge in [0.1, 0.15) is 5.69 Å². The monoisotopic (exact) mass is 304 g/mol. The lowest BCUT2D eigenvalue weighted by Crippen LogP contribution is -2.24. The molecule has 0 saturated carbocycles. The van der Waals surface area contributed by atoms with E-state index in [4.69, 9.17) is 16.7 Å². The van der Waals surface area contributed by atoms with Gasteiger partial charge in [-0.1, -0.05) is 35.9 Å². The van der Waals surface area contributed by atoms with Crippen molar-refractivity contribution in [2.24, 2.45) is 0 Å². The maximum Gasteiger partial charge on any atom is 0.307 e. The number of hydrogen-bond donors (Lipinski definition) is 2. The van der Waals surface area contributed by atoms with Gasteiger partial charge in [0.15, 0.2) is 0 Å². The molecule has 1 heterocycles. The van der Waals surface area contributed by atoms with Gasteiger partial charge in [0, 0.05) is 12.7 Å². The molecule has 0 aliphatic carbocycles. The molecule has 0 atom stereocenters. The van der Waals surface area contributed by atoms with Crippen molar-refractivity contribution in [3.63, 3.8) is 0 Å². The fourth-order valence-electron chi connectivity index (χ4n) is 1.84. The number of carbonyl (C=O) groups is 2. The summed E-state index contributed by atoms with van der Waals surface area (Å²) in [7, 11) is 0. The quantitative estimate of drug-likeness (QED) is 0.888. The Balaban J connectivity index is 2.04. The van der Waals surface area contributed by atoms with Crippen LogP contribution < -0.4 is 5.32 Å². The number of halogens is 1. The maximum absolute atomic E-state index is 11.9. The highest BCUT2D eigenvalue weighted by molar-refractivity contribution is 6.30. The van der Waals surface area contributed by atoms with Gasteiger partial charge in [0.2, 0.25) is 0 Å². The minimum atomic E-state index is -0.909. The van der Waals surface area contributed by atoms with Gasteiger partial charge in [-0.25, -0.2) is 4.98 Å².